The van der Waals surface area contributed by atoms with E-state index in [1.54, 1.807) is 29.4 Å². The molecule has 0 aromatic carbocycles. The van der Waals surface area contributed by atoms with E-state index in [-0.39, 0.29) is 5.91 Å². The summed E-state index contributed by atoms with van der Waals surface area (Å²) in [5.41, 5.74) is 1.73. The minimum Gasteiger partial charge on any atom is -0.339 e. The summed E-state index contributed by atoms with van der Waals surface area (Å²) < 4.78 is 0. The van der Waals surface area contributed by atoms with Gasteiger partial charge in [-0.3, -0.25) is 9.78 Å². The van der Waals surface area contributed by atoms with Gasteiger partial charge in [-0.05, 0) is 43.2 Å². The molecule has 0 radical (unpaired) electrons. The summed E-state index contributed by atoms with van der Waals surface area (Å²) in [5, 5.41) is 0.390. The number of pyridine rings is 2. The Hall–Kier alpha value is -1.94. The smallest absolute Gasteiger partial charge is 0.255 e. The van der Waals surface area contributed by atoms with Crippen molar-refractivity contribution in [1.29, 1.82) is 0 Å². The van der Waals surface area contributed by atoms with Crippen LogP contribution >= 0.6 is 11.6 Å². The summed E-state index contributed by atoms with van der Waals surface area (Å²) in [4.78, 5) is 22.1. The lowest BCUT2D eigenvalue weighted by molar-refractivity contribution is 0.0766. The quantitative estimate of drug-likeness (QED) is 0.795. The van der Waals surface area contributed by atoms with Gasteiger partial charge in [-0.15, -0.1) is 0 Å². The molecule has 5 heteroatoms. The summed E-state index contributed by atoms with van der Waals surface area (Å²) in [6.45, 7) is 3.29. The van der Waals surface area contributed by atoms with Gasteiger partial charge in [0.2, 0.25) is 0 Å². The van der Waals surface area contributed by atoms with Crippen molar-refractivity contribution >= 4 is 17.5 Å². The third-order valence-corrected chi connectivity index (χ3v) is 3.29. The lowest BCUT2D eigenvalue weighted by atomic mass is 10.2. The minimum absolute atomic E-state index is 0.0225. The molecule has 0 fully saturated rings. The third kappa shape index (κ3) is 3.78. The Morgan fingerprint density at radius 1 is 1.25 bits per heavy atom. The van der Waals surface area contributed by atoms with Gasteiger partial charge in [-0.1, -0.05) is 11.6 Å². The number of carbonyl (C=O) groups excluding carboxylic acids is 1. The van der Waals surface area contributed by atoms with Gasteiger partial charge < -0.3 is 4.90 Å². The van der Waals surface area contributed by atoms with Crippen LogP contribution in [-0.4, -0.2) is 33.9 Å². The summed E-state index contributed by atoms with van der Waals surface area (Å²) in [7, 11) is 0. The molecule has 2 aromatic rings. The molecule has 0 spiro atoms. The Bertz CT molecular complexity index is 557. The highest BCUT2D eigenvalue weighted by atomic mass is 35.5. The first kappa shape index (κ1) is 14.5. The monoisotopic (exact) mass is 289 g/mol. The Kier molecular flexibility index (Phi) is 5.07. The fraction of sp³-hybridized carbons (Fsp3) is 0.267. The number of halogens is 1. The lowest BCUT2D eigenvalue weighted by Gasteiger charge is -2.20. The fourth-order valence-corrected chi connectivity index (χ4v) is 2.01. The van der Waals surface area contributed by atoms with Crippen LogP contribution in [0.4, 0.5) is 0 Å². The van der Waals surface area contributed by atoms with Crippen molar-refractivity contribution in [1.82, 2.24) is 14.9 Å². The predicted octanol–water partition coefficient (Wildman–Crippen LogP) is 2.83. The number of aromatic nitrogens is 2. The summed E-state index contributed by atoms with van der Waals surface area (Å²) >= 11 is 5.73. The number of rotatable bonds is 5. The van der Waals surface area contributed by atoms with E-state index >= 15 is 0 Å². The van der Waals surface area contributed by atoms with Crippen LogP contribution in [-0.2, 0) is 6.42 Å². The number of hydrogen-bond donors (Lipinski definition) is 0. The van der Waals surface area contributed by atoms with E-state index in [0.29, 0.717) is 23.8 Å². The summed E-state index contributed by atoms with van der Waals surface area (Å²) in [5.74, 6) is -0.0225. The second-order valence-corrected chi connectivity index (χ2v) is 4.75. The first-order valence-corrected chi connectivity index (χ1v) is 6.88. The topological polar surface area (TPSA) is 46.1 Å². The molecule has 0 aliphatic heterocycles. The third-order valence-electron chi connectivity index (χ3n) is 3.06. The largest absolute Gasteiger partial charge is 0.339 e. The van der Waals surface area contributed by atoms with Crippen LogP contribution in [0.25, 0.3) is 0 Å². The molecule has 2 rings (SSSR count). The van der Waals surface area contributed by atoms with Crippen molar-refractivity contribution in [3.63, 3.8) is 0 Å². The maximum atomic E-state index is 12.3. The van der Waals surface area contributed by atoms with Gasteiger partial charge in [0.1, 0.15) is 5.15 Å². The second-order valence-electron chi connectivity index (χ2n) is 4.36. The number of hydrogen-bond acceptors (Lipinski definition) is 3. The van der Waals surface area contributed by atoms with E-state index in [1.807, 2.05) is 19.1 Å². The molecule has 0 bridgehead atoms. The van der Waals surface area contributed by atoms with E-state index < -0.39 is 0 Å². The number of carbonyl (C=O) groups is 1. The van der Waals surface area contributed by atoms with E-state index in [9.17, 15) is 4.79 Å². The average molecular weight is 290 g/mol. The van der Waals surface area contributed by atoms with Gasteiger partial charge in [0, 0.05) is 31.7 Å². The Balaban J connectivity index is 2.00. The predicted molar refractivity (Wildman–Crippen MR) is 78.8 cm³/mol. The second kappa shape index (κ2) is 7.01. The molecular formula is C15H16ClN3O. The highest BCUT2D eigenvalue weighted by Crippen LogP contribution is 2.09. The average Bonchev–Trinajstić information content (AvgIpc) is 2.49. The molecule has 0 aliphatic carbocycles. The molecule has 104 valence electrons. The molecule has 0 saturated heterocycles. The standard InChI is InChI=1S/C15H16ClN3O/c1-2-19(10-7-12-5-8-17-9-6-12)15(20)13-3-4-14(16)18-11-13/h3-6,8-9,11H,2,7,10H2,1H3. The zero-order chi connectivity index (χ0) is 14.4. The van der Waals surface area contributed by atoms with Crippen molar-refractivity contribution in [2.75, 3.05) is 13.1 Å². The van der Waals surface area contributed by atoms with Crippen LogP contribution in [0.15, 0.2) is 42.9 Å². The first-order valence-electron chi connectivity index (χ1n) is 6.50. The highest BCUT2D eigenvalue weighted by Gasteiger charge is 2.14. The molecular weight excluding hydrogens is 274 g/mol. The molecule has 4 nitrogen and oxygen atoms in total. The first-order chi connectivity index (χ1) is 9.70. The van der Waals surface area contributed by atoms with Crippen molar-refractivity contribution < 1.29 is 4.79 Å². The minimum atomic E-state index is -0.0225. The number of amides is 1. The van der Waals surface area contributed by atoms with Crippen LogP contribution in [0.3, 0.4) is 0 Å². The van der Waals surface area contributed by atoms with E-state index in [4.69, 9.17) is 11.6 Å². The molecule has 0 N–H and O–H groups in total. The lowest BCUT2D eigenvalue weighted by Crippen LogP contribution is -2.32. The summed E-state index contributed by atoms with van der Waals surface area (Å²) in [6, 6.07) is 7.25. The summed E-state index contributed by atoms with van der Waals surface area (Å²) in [6.07, 6.45) is 5.84. The van der Waals surface area contributed by atoms with Gasteiger partial charge in [-0.2, -0.15) is 0 Å². The van der Waals surface area contributed by atoms with Crippen LogP contribution in [0.2, 0.25) is 5.15 Å². The molecule has 0 unspecified atom stereocenters. The van der Waals surface area contributed by atoms with E-state index in [1.165, 1.54) is 11.8 Å². The number of nitrogens with zero attached hydrogens (tertiary/aromatic N) is 3. The van der Waals surface area contributed by atoms with Crippen molar-refractivity contribution in [3.8, 4) is 0 Å². The molecule has 0 saturated carbocycles. The van der Waals surface area contributed by atoms with Crippen LogP contribution in [0, 0.1) is 0 Å². The molecule has 2 aromatic heterocycles. The van der Waals surface area contributed by atoms with Crippen LogP contribution in [0.1, 0.15) is 22.8 Å². The maximum absolute atomic E-state index is 12.3. The normalized spacial score (nSPS) is 10.3. The van der Waals surface area contributed by atoms with Crippen molar-refractivity contribution in [3.05, 3.63) is 59.1 Å². The maximum Gasteiger partial charge on any atom is 0.255 e. The van der Waals surface area contributed by atoms with Gasteiger partial charge in [0.25, 0.3) is 5.91 Å². The fourth-order valence-electron chi connectivity index (χ4n) is 1.90. The molecule has 1 amide bonds. The Morgan fingerprint density at radius 3 is 2.60 bits per heavy atom. The van der Waals surface area contributed by atoms with Gasteiger partial charge in [-0.25, -0.2) is 4.98 Å². The highest BCUT2D eigenvalue weighted by molar-refractivity contribution is 6.29. The van der Waals surface area contributed by atoms with E-state index in [2.05, 4.69) is 9.97 Å². The van der Waals surface area contributed by atoms with Gasteiger partial charge in [0.15, 0.2) is 0 Å². The SMILES string of the molecule is CCN(CCc1ccncc1)C(=O)c1ccc(Cl)nc1. The molecule has 0 atom stereocenters. The zero-order valence-electron chi connectivity index (χ0n) is 11.3. The van der Waals surface area contributed by atoms with Crippen molar-refractivity contribution in [2.45, 2.75) is 13.3 Å². The Morgan fingerprint density at radius 2 is 2.00 bits per heavy atom. The van der Waals surface area contributed by atoms with Gasteiger partial charge in [0.05, 0.1) is 5.56 Å². The van der Waals surface area contributed by atoms with Crippen molar-refractivity contribution in [2.24, 2.45) is 0 Å². The number of likely N-dealkylation sites (N-methyl/N-ethyl adjacent to an activating group) is 1. The van der Waals surface area contributed by atoms with Gasteiger partial charge >= 0.3 is 0 Å². The van der Waals surface area contributed by atoms with Crippen LogP contribution < -0.4 is 0 Å². The van der Waals surface area contributed by atoms with Crippen LogP contribution in [0.5, 0.6) is 0 Å². The molecule has 20 heavy (non-hydrogen) atoms. The Labute approximate surface area is 123 Å². The molecule has 0 aliphatic rings. The van der Waals surface area contributed by atoms with E-state index in [0.717, 1.165) is 6.42 Å². The zero-order valence-corrected chi connectivity index (χ0v) is 12.0. The molecule has 2 heterocycles.